The van der Waals surface area contributed by atoms with Crippen LogP contribution in [0.5, 0.6) is 5.88 Å². The first-order valence-corrected chi connectivity index (χ1v) is 5.95. The highest BCUT2D eigenvalue weighted by atomic mass is 35.5. The largest absolute Gasteiger partial charge is 0.467 e. The molecule has 0 spiro atoms. The number of nitrogen functional groups attached to an aromatic ring is 1. The fourth-order valence-electron chi connectivity index (χ4n) is 0.792. The van der Waals surface area contributed by atoms with Crippen molar-refractivity contribution in [1.82, 2.24) is 4.98 Å². The van der Waals surface area contributed by atoms with Crippen LogP contribution >= 0.6 is 35.0 Å². The minimum Gasteiger partial charge on any atom is -0.467 e. The zero-order chi connectivity index (χ0) is 12.3. The summed E-state index contributed by atoms with van der Waals surface area (Å²) in [6.45, 7) is -0.269. The van der Waals surface area contributed by atoms with Gasteiger partial charge in [0, 0.05) is 0 Å². The van der Waals surface area contributed by atoms with Crippen molar-refractivity contribution in [3.63, 3.8) is 0 Å². The van der Waals surface area contributed by atoms with Crippen LogP contribution in [0.25, 0.3) is 0 Å². The highest BCUT2D eigenvalue weighted by Crippen LogP contribution is 2.35. The van der Waals surface area contributed by atoms with Crippen molar-refractivity contribution < 1.29 is 13.9 Å². The van der Waals surface area contributed by atoms with Gasteiger partial charge in [-0.3, -0.25) is 4.79 Å². The van der Waals surface area contributed by atoms with E-state index in [4.69, 9.17) is 33.7 Å². The Bertz CT molecular complexity index is 431. The Morgan fingerprint density at radius 3 is 2.75 bits per heavy atom. The Morgan fingerprint density at radius 1 is 1.56 bits per heavy atom. The van der Waals surface area contributed by atoms with Crippen molar-refractivity contribution in [2.75, 3.05) is 18.6 Å². The SMILES string of the molecule is CSC(=O)COc1nc(F)c(Cl)c(N)c1Cl. The maximum atomic E-state index is 13.1. The van der Waals surface area contributed by atoms with Crippen LogP contribution in [0.4, 0.5) is 10.1 Å². The van der Waals surface area contributed by atoms with Crippen LogP contribution in [0.1, 0.15) is 0 Å². The molecule has 88 valence electrons. The number of halogens is 3. The van der Waals surface area contributed by atoms with E-state index in [1.807, 2.05) is 0 Å². The third-order valence-corrected chi connectivity index (χ3v) is 2.89. The molecule has 0 aliphatic carbocycles. The van der Waals surface area contributed by atoms with E-state index in [1.54, 1.807) is 6.26 Å². The van der Waals surface area contributed by atoms with Crippen LogP contribution in [0, 0.1) is 5.95 Å². The van der Waals surface area contributed by atoms with Crippen LogP contribution in [0.2, 0.25) is 10.0 Å². The number of carbonyl (C=O) groups is 1. The standard InChI is InChI=1S/C8H7Cl2FN2O2S/c1-16-3(14)2-15-8-5(10)6(12)4(9)7(11)13-8/h2H2,1H3,(H2,12,13). The molecule has 0 aromatic carbocycles. The molecule has 4 nitrogen and oxygen atoms in total. The van der Waals surface area contributed by atoms with E-state index >= 15 is 0 Å². The Kier molecular flexibility index (Phi) is 4.64. The quantitative estimate of drug-likeness (QED) is 0.864. The van der Waals surface area contributed by atoms with Crippen molar-refractivity contribution in [3.8, 4) is 5.88 Å². The first kappa shape index (κ1) is 13.3. The Morgan fingerprint density at radius 2 is 2.19 bits per heavy atom. The van der Waals surface area contributed by atoms with Crippen molar-refractivity contribution in [3.05, 3.63) is 16.0 Å². The zero-order valence-electron chi connectivity index (χ0n) is 8.09. The second-order valence-electron chi connectivity index (χ2n) is 2.61. The van der Waals surface area contributed by atoms with Gasteiger partial charge in [0.05, 0.1) is 5.69 Å². The number of anilines is 1. The average molecular weight is 285 g/mol. The molecule has 0 radical (unpaired) electrons. The third kappa shape index (κ3) is 2.90. The Hall–Kier alpha value is -0.720. The molecule has 1 aromatic heterocycles. The second-order valence-corrected chi connectivity index (χ2v) is 4.23. The number of hydrogen-bond donors (Lipinski definition) is 1. The summed E-state index contributed by atoms with van der Waals surface area (Å²) in [5.41, 5.74) is 5.24. The lowest BCUT2D eigenvalue weighted by molar-refractivity contribution is -0.112. The number of carbonyl (C=O) groups excluding carboxylic acids is 1. The molecule has 0 fully saturated rings. The van der Waals surface area contributed by atoms with Crippen LogP contribution in [-0.4, -0.2) is 23.0 Å². The van der Waals surface area contributed by atoms with Gasteiger partial charge in [0.1, 0.15) is 10.0 Å². The van der Waals surface area contributed by atoms with Gasteiger partial charge in [-0.1, -0.05) is 35.0 Å². The third-order valence-electron chi connectivity index (χ3n) is 1.60. The van der Waals surface area contributed by atoms with E-state index in [0.29, 0.717) is 0 Å². The molecule has 2 N–H and O–H groups in total. The van der Waals surface area contributed by atoms with Gasteiger partial charge in [0.15, 0.2) is 6.61 Å². The highest BCUT2D eigenvalue weighted by molar-refractivity contribution is 8.13. The number of pyridine rings is 1. The summed E-state index contributed by atoms with van der Waals surface area (Å²) in [4.78, 5) is 14.3. The van der Waals surface area contributed by atoms with Gasteiger partial charge in [-0.2, -0.15) is 9.37 Å². The summed E-state index contributed by atoms with van der Waals surface area (Å²) >= 11 is 12.2. The number of hydrogen-bond acceptors (Lipinski definition) is 5. The number of nitrogens with two attached hydrogens (primary N) is 1. The molecule has 8 heteroatoms. The smallest absolute Gasteiger partial charge is 0.238 e. The van der Waals surface area contributed by atoms with E-state index in [1.165, 1.54) is 0 Å². The zero-order valence-corrected chi connectivity index (χ0v) is 10.4. The fourth-order valence-corrected chi connectivity index (χ4v) is 1.35. The molecule has 1 heterocycles. The van der Waals surface area contributed by atoms with Crippen LogP contribution in [0.3, 0.4) is 0 Å². The first-order chi connectivity index (χ1) is 7.47. The van der Waals surface area contributed by atoms with Crippen LogP contribution < -0.4 is 10.5 Å². The maximum Gasteiger partial charge on any atom is 0.238 e. The van der Waals surface area contributed by atoms with Crippen molar-refractivity contribution in [2.45, 2.75) is 0 Å². The maximum absolute atomic E-state index is 13.1. The first-order valence-electron chi connectivity index (χ1n) is 3.97. The molecule has 0 aliphatic rings. The molecule has 0 aliphatic heterocycles. The van der Waals surface area contributed by atoms with Gasteiger partial charge in [-0.15, -0.1) is 0 Å². The molecule has 1 rings (SSSR count). The van der Waals surface area contributed by atoms with E-state index in [0.717, 1.165) is 11.8 Å². The Balaban J connectivity index is 2.93. The van der Waals surface area contributed by atoms with E-state index in [-0.39, 0.29) is 33.3 Å². The number of ether oxygens (including phenoxy) is 1. The number of nitrogens with zero attached hydrogens (tertiary/aromatic N) is 1. The molecule has 1 aromatic rings. The monoisotopic (exact) mass is 284 g/mol. The van der Waals surface area contributed by atoms with Crippen molar-refractivity contribution in [1.29, 1.82) is 0 Å². The summed E-state index contributed by atoms with van der Waals surface area (Å²) in [6.07, 6.45) is 1.59. The van der Waals surface area contributed by atoms with Crippen LogP contribution in [-0.2, 0) is 4.79 Å². The molecule has 0 amide bonds. The summed E-state index contributed by atoms with van der Waals surface area (Å²) in [7, 11) is 0. The van der Waals surface area contributed by atoms with Crippen molar-refractivity contribution in [2.24, 2.45) is 0 Å². The second kappa shape index (κ2) is 5.56. The van der Waals surface area contributed by atoms with Crippen LogP contribution in [0.15, 0.2) is 0 Å². The van der Waals surface area contributed by atoms with Gasteiger partial charge in [-0.05, 0) is 6.26 Å². The average Bonchev–Trinajstić information content (AvgIpc) is 2.28. The molecular weight excluding hydrogens is 278 g/mol. The summed E-state index contributed by atoms with van der Waals surface area (Å²) in [6, 6.07) is 0. The predicted molar refractivity (Wildman–Crippen MR) is 62.6 cm³/mol. The lowest BCUT2D eigenvalue weighted by Crippen LogP contribution is -2.09. The molecule has 0 saturated carbocycles. The Labute approximate surface area is 105 Å². The van der Waals surface area contributed by atoms with Gasteiger partial charge < -0.3 is 10.5 Å². The topological polar surface area (TPSA) is 65.2 Å². The number of thioether (sulfide) groups is 1. The van der Waals surface area contributed by atoms with E-state index < -0.39 is 5.95 Å². The molecule has 0 atom stereocenters. The number of aromatic nitrogens is 1. The molecule has 0 saturated heterocycles. The minimum absolute atomic E-state index is 0.111. The molecule has 16 heavy (non-hydrogen) atoms. The lowest BCUT2D eigenvalue weighted by Gasteiger charge is -2.08. The fraction of sp³-hybridized carbons (Fsp3) is 0.250. The highest BCUT2D eigenvalue weighted by Gasteiger charge is 2.16. The number of rotatable bonds is 3. The van der Waals surface area contributed by atoms with Gasteiger partial charge in [0.25, 0.3) is 0 Å². The van der Waals surface area contributed by atoms with Gasteiger partial charge in [0.2, 0.25) is 16.9 Å². The minimum atomic E-state index is -0.991. The molecule has 0 bridgehead atoms. The lowest BCUT2D eigenvalue weighted by atomic mass is 10.4. The van der Waals surface area contributed by atoms with E-state index in [2.05, 4.69) is 4.98 Å². The predicted octanol–water partition coefficient (Wildman–Crippen LogP) is 2.38. The van der Waals surface area contributed by atoms with Gasteiger partial charge in [-0.25, -0.2) is 0 Å². The van der Waals surface area contributed by atoms with Gasteiger partial charge >= 0.3 is 0 Å². The summed E-state index contributed by atoms with van der Waals surface area (Å²) < 4.78 is 18.0. The van der Waals surface area contributed by atoms with Crippen molar-refractivity contribution >= 4 is 45.8 Å². The summed E-state index contributed by atoms with van der Waals surface area (Å²) in [5, 5.41) is -0.722. The normalized spacial score (nSPS) is 10.2. The summed E-state index contributed by atoms with van der Waals surface area (Å²) in [5.74, 6) is -1.24. The van der Waals surface area contributed by atoms with E-state index in [9.17, 15) is 9.18 Å². The molecule has 0 unspecified atom stereocenters. The molecular formula is C8H7Cl2FN2O2S.